The van der Waals surface area contributed by atoms with Crippen LogP contribution in [0.5, 0.6) is 0 Å². The first-order chi connectivity index (χ1) is 12.0. The van der Waals surface area contributed by atoms with Gasteiger partial charge in [0.25, 0.3) is 0 Å². The molecule has 2 saturated heterocycles. The average Bonchev–Trinajstić information content (AvgIpc) is 3.21. The van der Waals surface area contributed by atoms with Crippen LogP contribution < -0.4 is 0 Å². The summed E-state index contributed by atoms with van der Waals surface area (Å²) in [6.45, 7) is 5.85. The summed E-state index contributed by atoms with van der Waals surface area (Å²) in [5.41, 5.74) is 1.99. The number of oxazole rings is 1. The second-order valence-corrected chi connectivity index (χ2v) is 6.90. The molecular formula is C19H21N3O3. The maximum absolute atomic E-state index is 12.7. The summed E-state index contributed by atoms with van der Waals surface area (Å²) >= 11 is 0. The molecule has 25 heavy (non-hydrogen) atoms. The number of aryl methyl sites for hydroxylation is 2. The molecule has 0 bridgehead atoms. The van der Waals surface area contributed by atoms with Crippen LogP contribution in [0.25, 0.3) is 0 Å². The molecule has 0 radical (unpaired) electrons. The van der Waals surface area contributed by atoms with Crippen molar-refractivity contribution in [1.29, 1.82) is 0 Å². The van der Waals surface area contributed by atoms with Crippen molar-refractivity contribution in [3.05, 3.63) is 53.2 Å². The number of hydrogen-bond donors (Lipinski definition) is 0. The van der Waals surface area contributed by atoms with E-state index in [1.807, 2.05) is 32.0 Å². The van der Waals surface area contributed by atoms with E-state index in [-0.39, 0.29) is 30.2 Å². The lowest BCUT2D eigenvalue weighted by Gasteiger charge is -2.19. The number of fused-ring (bicyclic) bond motifs is 1. The molecular weight excluding hydrogens is 318 g/mol. The van der Waals surface area contributed by atoms with Crippen LogP contribution in [0.4, 0.5) is 0 Å². The molecule has 3 heterocycles. The fourth-order valence-electron chi connectivity index (χ4n) is 3.76. The van der Waals surface area contributed by atoms with E-state index in [9.17, 15) is 9.59 Å². The van der Waals surface area contributed by atoms with E-state index >= 15 is 0 Å². The highest BCUT2D eigenvalue weighted by Gasteiger charge is 2.52. The summed E-state index contributed by atoms with van der Waals surface area (Å²) < 4.78 is 5.53. The largest absolute Gasteiger partial charge is 0.444 e. The number of hydrogen-bond acceptors (Lipinski definition) is 5. The maximum atomic E-state index is 12.7. The molecule has 0 N–H and O–H groups in total. The Kier molecular flexibility index (Phi) is 3.92. The summed E-state index contributed by atoms with van der Waals surface area (Å²) in [5.74, 6) is 0.473. The zero-order chi connectivity index (χ0) is 17.6. The number of likely N-dealkylation sites (tertiary alicyclic amines) is 2. The molecule has 2 amide bonds. The van der Waals surface area contributed by atoms with Crippen LogP contribution in [-0.4, -0.2) is 39.7 Å². The summed E-state index contributed by atoms with van der Waals surface area (Å²) in [4.78, 5) is 33.2. The molecule has 6 heteroatoms. The third-order valence-corrected chi connectivity index (χ3v) is 5.18. The minimum atomic E-state index is -0.242. The molecule has 0 unspecified atom stereocenters. The Bertz CT molecular complexity index is 771. The molecule has 2 atom stereocenters. The quantitative estimate of drug-likeness (QED) is 0.796. The van der Waals surface area contributed by atoms with Gasteiger partial charge in [0.15, 0.2) is 0 Å². The third kappa shape index (κ3) is 2.87. The Labute approximate surface area is 146 Å². The van der Waals surface area contributed by atoms with Crippen molar-refractivity contribution in [1.82, 2.24) is 14.8 Å². The smallest absolute Gasteiger partial charge is 0.234 e. The Hall–Kier alpha value is -2.47. The average molecular weight is 339 g/mol. The van der Waals surface area contributed by atoms with E-state index in [1.165, 1.54) is 10.5 Å². The van der Waals surface area contributed by atoms with E-state index in [1.54, 1.807) is 0 Å². The van der Waals surface area contributed by atoms with Crippen molar-refractivity contribution in [3.63, 3.8) is 0 Å². The van der Waals surface area contributed by atoms with E-state index in [0.717, 1.165) is 18.0 Å². The van der Waals surface area contributed by atoms with Crippen LogP contribution in [0.2, 0.25) is 0 Å². The summed E-state index contributed by atoms with van der Waals surface area (Å²) in [6.07, 6.45) is 0. The van der Waals surface area contributed by atoms with Gasteiger partial charge < -0.3 is 4.42 Å². The molecule has 2 fully saturated rings. The van der Waals surface area contributed by atoms with Crippen LogP contribution in [0, 0.1) is 25.7 Å². The fourth-order valence-corrected chi connectivity index (χ4v) is 3.76. The number of aromatic nitrogens is 1. The van der Waals surface area contributed by atoms with E-state index < -0.39 is 0 Å². The molecule has 4 rings (SSSR count). The molecule has 1 aromatic carbocycles. The topological polar surface area (TPSA) is 66.7 Å². The molecule has 1 aromatic heterocycles. The molecule has 2 aliphatic heterocycles. The fraction of sp³-hybridized carbons (Fsp3) is 0.421. The van der Waals surface area contributed by atoms with Gasteiger partial charge in [-0.2, -0.15) is 0 Å². The second kappa shape index (κ2) is 6.11. The van der Waals surface area contributed by atoms with Gasteiger partial charge in [0.2, 0.25) is 17.7 Å². The Balaban J connectivity index is 1.44. The maximum Gasteiger partial charge on any atom is 0.234 e. The minimum Gasteiger partial charge on any atom is -0.444 e. The van der Waals surface area contributed by atoms with Gasteiger partial charge in [0, 0.05) is 19.6 Å². The lowest BCUT2D eigenvalue weighted by atomic mass is 10.00. The summed E-state index contributed by atoms with van der Waals surface area (Å²) in [6, 6.07) is 10.1. The summed E-state index contributed by atoms with van der Waals surface area (Å²) in [5, 5.41) is 0. The summed E-state index contributed by atoms with van der Waals surface area (Å²) in [7, 11) is 0. The van der Waals surface area contributed by atoms with E-state index in [2.05, 4.69) is 22.0 Å². The number of amides is 2. The van der Waals surface area contributed by atoms with Crippen LogP contribution in [0.1, 0.15) is 22.9 Å². The molecule has 130 valence electrons. The van der Waals surface area contributed by atoms with Crippen molar-refractivity contribution in [2.24, 2.45) is 11.8 Å². The predicted molar refractivity (Wildman–Crippen MR) is 90.2 cm³/mol. The van der Waals surface area contributed by atoms with Gasteiger partial charge in [-0.3, -0.25) is 19.4 Å². The Morgan fingerprint density at radius 2 is 1.68 bits per heavy atom. The van der Waals surface area contributed by atoms with Crippen LogP contribution >= 0.6 is 0 Å². The number of rotatable bonds is 4. The van der Waals surface area contributed by atoms with Crippen LogP contribution in [-0.2, 0) is 22.7 Å². The minimum absolute atomic E-state index is 0.0981. The standard InChI is InChI=1S/C19H21N3O3/c1-12-13(2)25-17(20-12)11-22-18(23)15-9-21(10-16(15)19(22)24)8-14-6-4-3-5-7-14/h3-7,15-16H,8-11H2,1-2H3/t15-,16+. The van der Waals surface area contributed by atoms with Gasteiger partial charge in [-0.05, 0) is 19.4 Å². The number of carbonyl (C=O) groups excluding carboxylic acids is 2. The Morgan fingerprint density at radius 1 is 1.04 bits per heavy atom. The van der Waals surface area contributed by atoms with Gasteiger partial charge in [0.05, 0.1) is 17.5 Å². The highest BCUT2D eigenvalue weighted by Crippen LogP contribution is 2.35. The molecule has 6 nitrogen and oxygen atoms in total. The number of benzene rings is 1. The monoisotopic (exact) mass is 339 g/mol. The third-order valence-electron chi connectivity index (χ3n) is 5.18. The zero-order valence-electron chi connectivity index (χ0n) is 14.4. The van der Waals surface area contributed by atoms with Crippen molar-refractivity contribution in [3.8, 4) is 0 Å². The Morgan fingerprint density at radius 3 is 2.24 bits per heavy atom. The first kappa shape index (κ1) is 16.0. The number of imide groups is 1. The van der Waals surface area contributed by atoms with Crippen molar-refractivity contribution in [2.75, 3.05) is 13.1 Å². The van der Waals surface area contributed by atoms with Gasteiger partial charge in [-0.15, -0.1) is 0 Å². The van der Waals surface area contributed by atoms with E-state index in [4.69, 9.17) is 4.42 Å². The SMILES string of the molecule is Cc1nc(CN2C(=O)[C@H]3CN(Cc4ccccc4)C[C@H]3C2=O)oc1C. The predicted octanol–water partition coefficient (Wildman–Crippen LogP) is 1.91. The van der Waals surface area contributed by atoms with Gasteiger partial charge in [-0.25, -0.2) is 4.98 Å². The molecule has 0 aliphatic carbocycles. The molecule has 0 spiro atoms. The second-order valence-electron chi connectivity index (χ2n) is 6.90. The first-order valence-electron chi connectivity index (χ1n) is 8.57. The zero-order valence-corrected chi connectivity index (χ0v) is 14.4. The van der Waals surface area contributed by atoms with Gasteiger partial charge >= 0.3 is 0 Å². The highest BCUT2D eigenvalue weighted by atomic mass is 16.4. The lowest BCUT2D eigenvalue weighted by molar-refractivity contribution is -0.141. The van der Waals surface area contributed by atoms with Gasteiger partial charge in [0.1, 0.15) is 12.3 Å². The molecule has 2 aromatic rings. The van der Waals surface area contributed by atoms with Crippen LogP contribution in [0.15, 0.2) is 34.7 Å². The van der Waals surface area contributed by atoms with Crippen molar-refractivity contribution < 1.29 is 14.0 Å². The first-order valence-corrected chi connectivity index (χ1v) is 8.57. The highest BCUT2D eigenvalue weighted by molar-refractivity contribution is 6.05. The molecule has 2 aliphatic rings. The number of carbonyl (C=O) groups is 2. The lowest BCUT2D eigenvalue weighted by Crippen LogP contribution is -2.35. The van der Waals surface area contributed by atoms with Crippen molar-refractivity contribution in [2.45, 2.75) is 26.9 Å². The molecule has 0 saturated carbocycles. The van der Waals surface area contributed by atoms with Crippen molar-refractivity contribution >= 4 is 11.8 Å². The van der Waals surface area contributed by atoms with E-state index in [0.29, 0.717) is 19.0 Å². The normalized spacial score (nSPS) is 23.5. The number of nitrogens with zero attached hydrogens (tertiary/aromatic N) is 3. The van der Waals surface area contributed by atoms with Gasteiger partial charge in [-0.1, -0.05) is 30.3 Å². The van der Waals surface area contributed by atoms with Crippen LogP contribution in [0.3, 0.4) is 0 Å².